The second kappa shape index (κ2) is 7.77. The van der Waals surface area contributed by atoms with E-state index in [9.17, 15) is 9.90 Å². The smallest absolute Gasteiger partial charge is 0.156 e. The highest BCUT2D eigenvalue weighted by Crippen LogP contribution is 2.63. The Balaban J connectivity index is 1.44. The molecular formula is C30H33NO2. The largest absolute Gasteiger partial charge is 0.393 e. The zero-order valence-corrected chi connectivity index (χ0v) is 19.7. The van der Waals surface area contributed by atoms with E-state index in [1.807, 2.05) is 19.2 Å². The number of aliphatic hydroxyl groups is 1. The molecule has 0 bridgehead atoms. The standard InChI is InChI=1S/C30H33NO2/c1-18-3-4-22(17-31-18)19-5-7-20(8-6-19)26-16-30(2)27(13-14-28(30)33)25-11-9-21-15-23(32)10-12-24(21)29(25)26/h3-8,15,17,25-28,33H,9-14,16H2,1-2H3. The topological polar surface area (TPSA) is 50.2 Å². The zero-order chi connectivity index (χ0) is 22.7. The summed E-state index contributed by atoms with van der Waals surface area (Å²) < 4.78 is 0. The summed E-state index contributed by atoms with van der Waals surface area (Å²) >= 11 is 0. The van der Waals surface area contributed by atoms with Crippen LogP contribution < -0.4 is 0 Å². The van der Waals surface area contributed by atoms with Crippen LogP contribution in [0.1, 0.15) is 69.0 Å². The molecule has 2 aromatic rings. The van der Waals surface area contributed by atoms with Crippen LogP contribution in [0.3, 0.4) is 0 Å². The lowest BCUT2D eigenvalue weighted by atomic mass is 9.53. The van der Waals surface area contributed by atoms with Gasteiger partial charge in [0.05, 0.1) is 6.10 Å². The molecule has 0 saturated heterocycles. The summed E-state index contributed by atoms with van der Waals surface area (Å²) in [4.78, 5) is 16.6. The molecule has 1 N–H and O–H groups in total. The molecule has 2 fully saturated rings. The van der Waals surface area contributed by atoms with E-state index in [1.54, 1.807) is 5.57 Å². The average Bonchev–Trinajstić information content (AvgIpc) is 3.13. The summed E-state index contributed by atoms with van der Waals surface area (Å²) in [7, 11) is 0. The molecule has 6 rings (SSSR count). The third-order valence-corrected chi connectivity index (χ3v) is 9.24. The van der Waals surface area contributed by atoms with Gasteiger partial charge in [-0.2, -0.15) is 0 Å². The molecule has 0 spiro atoms. The summed E-state index contributed by atoms with van der Waals surface area (Å²) in [6.45, 7) is 4.35. The number of pyridine rings is 1. The lowest BCUT2D eigenvalue weighted by molar-refractivity contribution is -0.114. The SMILES string of the molecule is Cc1ccc(-c2ccc(C3CC4(C)C(O)CCC4C4CCC5=CC(=O)CCC5=C34)cc2)cn1. The Kier molecular flexibility index (Phi) is 4.95. The van der Waals surface area contributed by atoms with Gasteiger partial charge in [-0.1, -0.05) is 42.8 Å². The molecule has 0 amide bonds. The van der Waals surface area contributed by atoms with Crippen molar-refractivity contribution >= 4 is 5.78 Å². The highest BCUT2D eigenvalue weighted by molar-refractivity contribution is 5.93. The van der Waals surface area contributed by atoms with E-state index in [2.05, 4.69) is 48.3 Å². The van der Waals surface area contributed by atoms with Crippen LogP contribution in [0.4, 0.5) is 0 Å². The normalized spacial score (nSPS) is 33.3. The van der Waals surface area contributed by atoms with Crippen molar-refractivity contribution in [2.45, 2.75) is 70.8 Å². The number of aliphatic hydroxyl groups excluding tert-OH is 1. The molecule has 5 atom stereocenters. The van der Waals surface area contributed by atoms with Crippen molar-refractivity contribution in [3.05, 3.63) is 76.6 Å². The Bertz CT molecular complexity index is 1160. The molecule has 2 saturated carbocycles. The number of hydrogen-bond donors (Lipinski definition) is 1. The first kappa shape index (κ1) is 21.0. The summed E-state index contributed by atoms with van der Waals surface area (Å²) in [6.07, 6.45) is 10.4. The predicted octanol–water partition coefficient (Wildman–Crippen LogP) is 6.32. The molecule has 33 heavy (non-hydrogen) atoms. The summed E-state index contributed by atoms with van der Waals surface area (Å²) in [6, 6.07) is 13.2. The molecule has 1 aromatic carbocycles. The van der Waals surface area contributed by atoms with Crippen molar-refractivity contribution < 1.29 is 9.90 Å². The number of fused-ring (bicyclic) bond motifs is 4. The minimum absolute atomic E-state index is 0.0232. The average molecular weight is 440 g/mol. The number of hydrogen-bond acceptors (Lipinski definition) is 3. The highest BCUT2D eigenvalue weighted by atomic mass is 16.3. The fraction of sp³-hybridized carbons (Fsp3) is 0.467. The number of carbonyl (C=O) groups excluding carboxylic acids is 1. The monoisotopic (exact) mass is 439 g/mol. The van der Waals surface area contributed by atoms with Crippen LogP contribution in [-0.2, 0) is 4.79 Å². The Hall–Kier alpha value is -2.52. The predicted molar refractivity (Wildman–Crippen MR) is 131 cm³/mol. The van der Waals surface area contributed by atoms with Gasteiger partial charge in [-0.25, -0.2) is 0 Å². The van der Waals surface area contributed by atoms with E-state index in [-0.39, 0.29) is 17.3 Å². The van der Waals surface area contributed by atoms with E-state index in [0.29, 0.717) is 24.2 Å². The molecule has 0 radical (unpaired) electrons. The molecule has 170 valence electrons. The van der Waals surface area contributed by atoms with Crippen LogP contribution >= 0.6 is 0 Å². The molecule has 4 aliphatic carbocycles. The Morgan fingerprint density at radius 1 is 0.970 bits per heavy atom. The van der Waals surface area contributed by atoms with Gasteiger partial charge in [0.1, 0.15) is 0 Å². The van der Waals surface area contributed by atoms with Crippen LogP contribution in [-0.4, -0.2) is 22.0 Å². The van der Waals surface area contributed by atoms with Gasteiger partial charge in [-0.15, -0.1) is 0 Å². The molecule has 5 unspecified atom stereocenters. The molecule has 0 aliphatic heterocycles. The van der Waals surface area contributed by atoms with Crippen LogP contribution in [0.2, 0.25) is 0 Å². The van der Waals surface area contributed by atoms with Gasteiger partial charge in [0.2, 0.25) is 0 Å². The quantitative estimate of drug-likeness (QED) is 0.596. The molecule has 4 aliphatic rings. The van der Waals surface area contributed by atoms with Gasteiger partial charge in [0.25, 0.3) is 0 Å². The third-order valence-electron chi connectivity index (χ3n) is 9.24. The first-order chi connectivity index (χ1) is 15.9. The van der Waals surface area contributed by atoms with Crippen LogP contribution in [0, 0.1) is 24.2 Å². The van der Waals surface area contributed by atoms with Crippen molar-refractivity contribution in [3.8, 4) is 11.1 Å². The lowest BCUT2D eigenvalue weighted by Crippen LogP contribution is -2.45. The summed E-state index contributed by atoms with van der Waals surface area (Å²) in [5, 5.41) is 11.0. The maximum absolute atomic E-state index is 12.2. The first-order valence-corrected chi connectivity index (χ1v) is 12.6. The van der Waals surface area contributed by atoms with Crippen molar-refractivity contribution in [2.24, 2.45) is 17.3 Å². The van der Waals surface area contributed by atoms with Crippen LogP contribution in [0.15, 0.2) is 65.4 Å². The molecule has 3 nitrogen and oxygen atoms in total. The molecule has 1 aromatic heterocycles. The van der Waals surface area contributed by atoms with Crippen LogP contribution in [0.25, 0.3) is 11.1 Å². The van der Waals surface area contributed by atoms with Crippen molar-refractivity contribution in [1.29, 1.82) is 0 Å². The van der Waals surface area contributed by atoms with Gasteiger partial charge in [-0.05, 0) is 97.1 Å². The number of benzene rings is 1. The lowest BCUT2D eigenvalue weighted by Gasteiger charge is -2.52. The zero-order valence-electron chi connectivity index (χ0n) is 19.7. The van der Waals surface area contributed by atoms with E-state index in [1.165, 1.54) is 22.3 Å². The van der Waals surface area contributed by atoms with E-state index < -0.39 is 0 Å². The first-order valence-electron chi connectivity index (χ1n) is 12.6. The van der Waals surface area contributed by atoms with Crippen molar-refractivity contribution in [3.63, 3.8) is 0 Å². The number of nitrogens with zero attached hydrogens (tertiary/aromatic N) is 1. The van der Waals surface area contributed by atoms with Crippen LogP contribution in [0.5, 0.6) is 0 Å². The van der Waals surface area contributed by atoms with Gasteiger partial charge in [0, 0.05) is 29.8 Å². The number of aryl methyl sites for hydroxylation is 1. The van der Waals surface area contributed by atoms with E-state index >= 15 is 0 Å². The van der Waals surface area contributed by atoms with E-state index in [4.69, 9.17) is 0 Å². The highest BCUT2D eigenvalue weighted by Gasteiger charge is 2.56. The minimum Gasteiger partial charge on any atom is -0.393 e. The number of ketones is 1. The number of carbonyl (C=O) groups is 1. The Labute approximate surface area is 196 Å². The third kappa shape index (κ3) is 3.35. The number of rotatable bonds is 2. The summed E-state index contributed by atoms with van der Waals surface area (Å²) in [5.41, 5.74) is 9.06. The van der Waals surface area contributed by atoms with Gasteiger partial charge >= 0.3 is 0 Å². The summed E-state index contributed by atoms with van der Waals surface area (Å²) in [5.74, 6) is 1.70. The second-order valence-electron chi connectivity index (χ2n) is 11.0. The van der Waals surface area contributed by atoms with Crippen molar-refractivity contribution in [1.82, 2.24) is 4.98 Å². The van der Waals surface area contributed by atoms with Gasteiger partial charge < -0.3 is 5.11 Å². The van der Waals surface area contributed by atoms with Gasteiger partial charge in [0.15, 0.2) is 5.78 Å². The minimum atomic E-state index is -0.209. The number of allylic oxidation sites excluding steroid dienone is 4. The van der Waals surface area contributed by atoms with Gasteiger partial charge in [-0.3, -0.25) is 9.78 Å². The fourth-order valence-electron chi connectivity index (χ4n) is 7.48. The maximum atomic E-state index is 12.2. The van der Waals surface area contributed by atoms with E-state index in [0.717, 1.165) is 49.8 Å². The Morgan fingerprint density at radius 2 is 1.76 bits per heavy atom. The molecule has 3 heteroatoms. The molecular weight excluding hydrogens is 406 g/mol. The Morgan fingerprint density at radius 3 is 2.52 bits per heavy atom. The van der Waals surface area contributed by atoms with Crippen molar-refractivity contribution in [2.75, 3.05) is 0 Å². The molecule has 1 heterocycles. The maximum Gasteiger partial charge on any atom is 0.156 e. The fourth-order valence-corrected chi connectivity index (χ4v) is 7.48. The number of aromatic nitrogens is 1. The second-order valence-corrected chi connectivity index (χ2v) is 11.0.